The Morgan fingerprint density at radius 1 is 1.44 bits per heavy atom. The average molecular weight is 224 g/mol. The summed E-state index contributed by atoms with van der Waals surface area (Å²) in [4.78, 5) is 10.5. The second-order valence-corrected chi connectivity index (χ2v) is 3.59. The number of rotatable bonds is 3. The summed E-state index contributed by atoms with van der Waals surface area (Å²) < 4.78 is 10.8. The second kappa shape index (κ2) is 4.40. The molecule has 0 amide bonds. The Morgan fingerprint density at radius 3 is 2.94 bits per heavy atom. The van der Waals surface area contributed by atoms with Crippen molar-refractivity contribution in [1.82, 2.24) is 0 Å². The van der Waals surface area contributed by atoms with Gasteiger partial charge in [0.25, 0.3) is 0 Å². The quantitative estimate of drug-likeness (QED) is 0.779. The van der Waals surface area contributed by atoms with Crippen LogP contribution in [-0.4, -0.2) is 35.5 Å². The van der Waals surface area contributed by atoms with Crippen molar-refractivity contribution in [3.05, 3.63) is 23.8 Å². The molecular weight excluding hydrogens is 212 g/mol. The number of aliphatic carboxylic acids is 1. The number of carboxylic acid groups (broad SMARTS) is 1. The van der Waals surface area contributed by atoms with Crippen LogP contribution in [0.4, 0.5) is 0 Å². The minimum absolute atomic E-state index is 0.0416. The van der Waals surface area contributed by atoms with E-state index >= 15 is 0 Å². The molecule has 0 aliphatic carbocycles. The molecule has 1 aliphatic heterocycles. The number of fused-ring (bicyclic) bond motifs is 1. The third-order valence-electron chi connectivity index (χ3n) is 2.29. The van der Waals surface area contributed by atoms with Gasteiger partial charge in [0.15, 0.2) is 17.6 Å². The SMILES string of the molecule is O=C(O)Cc1ccc2c(c1)OCC(CO)O2. The first-order valence-corrected chi connectivity index (χ1v) is 4.94. The summed E-state index contributed by atoms with van der Waals surface area (Å²) in [6.07, 6.45) is -0.391. The van der Waals surface area contributed by atoms with Crippen LogP contribution >= 0.6 is 0 Å². The van der Waals surface area contributed by atoms with Gasteiger partial charge < -0.3 is 19.7 Å². The van der Waals surface area contributed by atoms with E-state index in [2.05, 4.69) is 0 Å². The van der Waals surface area contributed by atoms with Crippen LogP contribution in [0.25, 0.3) is 0 Å². The van der Waals surface area contributed by atoms with Gasteiger partial charge in [0.1, 0.15) is 6.61 Å². The molecule has 5 heteroatoms. The van der Waals surface area contributed by atoms with Gasteiger partial charge in [-0.2, -0.15) is 0 Å². The standard InChI is InChI=1S/C11H12O5/c12-5-8-6-15-10-3-7(4-11(13)14)1-2-9(10)16-8/h1-3,8,12H,4-6H2,(H,13,14). The fourth-order valence-corrected chi connectivity index (χ4v) is 1.53. The fraction of sp³-hybridized carbons (Fsp3) is 0.364. The lowest BCUT2D eigenvalue weighted by Crippen LogP contribution is -2.32. The summed E-state index contributed by atoms with van der Waals surface area (Å²) in [5.41, 5.74) is 0.664. The first-order chi connectivity index (χ1) is 7.69. The molecular formula is C11H12O5. The van der Waals surface area contributed by atoms with Gasteiger partial charge in [-0.25, -0.2) is 0 Å². The molecule has 16 heavy (non-hydrogen) atoms. The molecule has 5 nitrogen and oxygen atoms in total. The van der Waals surface area contributed by atoms with Gasteiger partial charge >= 0.3 is 5.97 Å². The summed E-state index contributed by atoms with van der Waals surface area (Å²) in [7, 11) is 0. The molecule has 1 aromatic carbocycles. The predicted molar refractivity (Wildman–Crippen MR) is 54.8 cm³/mol. The van der Waals surface area contributed by atoms with E-state index in [-0.39, 0.29) is 25.7 Å². The summed E-state index contributed by atoms with van der Waals surface area (Å²) in [6, 6.07) is 4.99. The Labute approximate surface area is 92.2 Å². The van der Waals surface area contributed by atoms with Crippen molar-refractivity contribution in [2.75, 3.05) is 13.2 Å². The normalized spacial score (nSPS) is 18.2. The molecule has 0 radical (unpaired) electrons. The van der Waals surface area contributed by atoms with E-state index in [1.807, 2.05) is 0 Å². The van der Waals surface area contributed by atoms with E-state index in [1.165, 1.54) is 0 Å². The van der Waals surface area contributed by atoms with Crippen LogP contribution in [0.3, 0.4) is 0 Å². The van der Waals surface area contributed by atoms with Crippen molar-refractivity contribution < 1.29 is 24.5 Å². The van der Waals surface area contributed by atoms with Crippen LogP contribution in [0.5, 0.6) is 11.5 Å². The Morgan fingerprint density at radius 2 is 2.25 bits per heavy atom. The molecule has 0 spiro atoms. The van der Waals surface area contributed by atoms with E-state index in [9.17, 15) is 4.79 Å². The average Bonchev–Trinajstić information content (AvgIpc) is 2.27. The molecule has 0 saturated heterocycles. The predicted octanol–water partition coefficient (Wildman–Crippen LogP) is 0.446. The second-order valence-electron chi connectivity index (χ2n) is 3.59. The van der Waals surface area contributed by atoms with E-state index in [4.69, 9.17) is 19.7 Å². The molecule has 0 aromatic heterocycles. The smallest absolute Gasteiger partial charge is 0.307 e. The lowest BCUT2D eigenvalue weighted by molar-refractivity contribution is -0.136. The molecule has 1 unspecified atom stereocenters. The molecule has 1 aliphatic rings. The third-order valence-corrected chi connectivity index (χ3v) is 2.29. The lowest BCUT2D eigenvalue weighted by Gasteiger charge is -2.25. The third kappa shape index (κ3) is 2.25. The first kappa shape index (κ1) is 10.8. The Balaban J connectivity index is 2.18. The topological polar surface area (TPSA) is 76.0 Å². The van der Waals surface area contributed by atoms with Gasteiger partial charge in [0.05, 0.1) is 13.0 Å². The molecule has 86 valence electrons. The zero-order valence-corrected chi connectivity index (χ0v) is 8.55. The maximum absolute atomic E-state index is 10.5. The highest BCUT2D eigenvalue weighted by atomic mass is 16.6. The van der Waals surface area contributed by atoms with Gasteiger partial charge in [-0.15, -0.1) is 0 Å². The van der Waals surface area contributed by atoms with E-state index in [1.54, 1.807) is 18.2 Å². The van der Waals surface area contributed by atoms with Crippen LogP contribution in [0.2, 0.25) is 0 Å². The van der Waals surface area contributed by atoms with Crippen molar-refractivity contribution in [1.29, 1.82) is 0 Å². The molecule has 0 saturated carbocycles. The minimum Gasteiger partial charge on any atom is -0.486 e. The Hall–Kier alpha value is -1.75. The largest absolute Gasteiger partial charge is 0.486 e. The minimum atomic E-state index is -0.884. The summed E-state index contributed by atoms with van der Waals surface area (Å²) in [5, 5.41) is 17.6. The van der Waals surface area contributed by atoms with Crippen molar-refractivity contribution in [2.24, 2.45) is 0 Å². The Kier molecular flexibility index (Phi) is 2.96. The molecule has 2 rings (SSSR count). The number of carbonyl (C=O) groups is 1. The maximum Gasteiger partial charge on any atom is 0.307 e. The highest BCUT2D eigenvalue weighted by molar-refractivity contribution is 5.70. The molecule has 1 heterocycles. The maximum atomic E-state index is 10.5. The zero-order chi connectivity index (χ0) is 11.5. The molecule has 0 fully saturated rings. The molecule has 0 bridgehead atoms. The highest BCUT2D eigenvalue weighted by Crippen LogP contribution is 2.32. The van der Waals surface area contributed by atoms with E-state index in [0.717, 1.165) is 0 Å². The van der Waals surface area contributed by atoms with E-state index in [0.29, 0.717) is 17.1 Å². The first-order valence-electron chi connectivity index (χ1n) is 4.94. The van der Waals surface area contributed by atoms with Crippen LogP contribution in [0.15, 0.2) is 18.2 Å². The van der Waals surface area contributed by atoms with Gasteiger partial charge in [-0.05, 0) is 17.7 Å². The number of ether oxygens (including phenoxy) is 2. The summed E-state index contributed by atoms with van der Waals surface area (Å²) in [5.74, 6) is 0.188. The highest BCUT2D eigenvalue weighted by Gasteiger charge is 2.20. The van der Waals surface area contributed by atoms with Crippen LogP contribution in [-0.2, 0) is 11.2 Å². The lowest BCUT2D eigenvalue weighted by atomic mass is 10.1. The molecule has 1 atom stereocenters. The van der Waals surface area contributed by atoms with E-state index < -0.39 is 5.97 Å². The van der Waals surface area contributed by atoms with Crippen molar-refractivity contribution >= 4 is 5.97 Å². The van der Waals surface area contributed by atoms with Crippen LogP contribution in [0, 0.1) is 0 Å². The van der Waals surface area contributed by atoms with Crippen LogP contribution < -0.4 is 9.47 Å². The number of aliphatic hydroxyl groups is 1. The van der Waals surface area contributed by atoms with Gasteiger partial charge in [0.2, 0.25) is 0 Å². The number of hydrogen-bond donors (Lipinski definition) is 2. The van der Waals surface area contributed by atoms with Gasteiger partial charge in [0, 0.05) is 0 Å². The van der Waals surface area contributed by atoms with Crippen molar-refractivity contribution in [2.45, 2.75) is 12.5 Å². The Bertz CT molecular complexity index is 401. The fourth-order valence-electron chi connectivity index (χ4n) is 1.53. The van der Waals surface area contributed by atoms with Crippen molar-refractivity contribution in [3.8, 4) is 11.5 Å². The number of hydrogen-bond acceptors (Lipinski definition) is 4. The molecule has 1 aromatic rings. The van der Waals surface area contributed by atoms with Crippen LogP contribution in [0.1, 0.15) is 5.56 Å². The van der Waals surface area contributed by atoms with Gasteiger partial charge in [-0.3, -0.25) is 4.79 Å². The number of carboxylic acids is 1. The summed E-state index contributed by atoms with van der Waals surface area (Å²) >= 11 is 0. The monoisotopic (exact) mass is 224 g/mol. The number of aliphatic hydroxyl groups excluding tert-OH is 1. The molecule has 2 N–H and O–H groups in total. The van der Waals surface area contributed by atoms with Crippen molar-refractivity contribution in [3.63, 3.8) is 0 Å². The number of benzene rings is 1. The van der Waals surface area contributed by atoms with Gasteiger partial charge in [-0.1, -0.05) is 6.07 Å². The summed E-state index contributed by atoms with van der Waals surface area (Å²) in [6.45, 7) is 0.177. The zero-order valence-electron chi connectivity index (χ0n) is 8.55.